The van der Waals surface area contributed by atoms with Gasteiger partial charge in [0.1, 0.15) is 11.6 Å². The molecular formula is C23H19FN4O2. The Kier molecular flexibility index (Phi) is 4.31. The van der Waals surface area contributed by atoms with E-state index in [9.17, 15) is 14.3 Å². The molecule has 1 aliphatic rings. The van der Waals surface area contributed by atoms with Gasteiger partial charge in [0.05, 0.1) is 17.0 Å². The van der Waals surface area contributed by atoms with E-state index in [2.05, 4.69) is 10.2 Å². The highest BCUT2D eigenvalue weighted by atomic mass is 19.1. The summed E-state index contributed by atoms with van der Waals surface area (Å²) in [5.74, 6) is -0.413. The molecule has 0 bridgehead atoms. The van der Waals surface area contributed by atoms with Gasteiger partial charge in [0, 0.05) is 12.3 Å². The van der Waals surface area contributed by atoms with E-state index in [1.54, 1.807) is 28.8 Å². The number of aromatic nitrogens is 4. The van der Waals surface area contributed by atoms with Crippen LogP contribution in [0.1, 0.15) is 46.7 Å². The van der Waals surface area contributed by atoms with Gasteiger partial charge in [-0.2, -0.15) is 5.10 Å². The van der Waals surface area contributed by atoms with Gasteiger partial charge in [0.2, 0.25) is 0 Å². The lowest BCUT2D eigenvalue weighted by Gasteiger charge is -2.23. The van der Waals surface area contributed by atoms with Crippen LogP contribution in [0.2, 0.25) is 0 Å². The fraction of sp³-hybridized carbons (Fsp3) is 0.217. The van der Waals surface area contributed by atoms with E-state index in [0.717, 1.165) is 22.4 Å². The van der Waals surface area contributed by atoms with Gasteiger partial charge in [0.25, 0.3) is 0 Å². The second-order valence-corrected chi connectivity index (χ2v) is 7.50. The van der Waals surface area contributed by atoms with E-state index >= 15 is 0 Å². The summed E-state index contributed by atoms with van der Waals surface area (Å²) in [5.41, 5.74) is 4.70. The highest BCUT2D eigenvalue weighted by Gasteiger charge is 2.32. The van der Waals surface area contributed by atoms with Crippen LogP contribution in [0.4, 0.5) is 4.39 Å². The van der Waals surface area contributed by atoms with Crippen LogP contribution in [0.5, 0.6) is 5.75 Å². The molecule has 2 aromatic carbocycles. The summed E-state index contributed by atoms with van der Waals surface area (Å²) >= 11 is 0. The number of fused-ring (bicyclic) bond motifs is 3. The molecule has 1 N–H and O–H groups in total. The number of para-hydroxylation sites is 1. The van der Waals surface area contributed by atoms with Gasteiger partial charge >= 0.3 is 0 Å². The molecule has 0 fully saturated rings. The number of rotatable bonds is 3. The van der Waals surface area contributed by atoms with Crippen molar-refractivity contribution in [3.05, 3.63) is 77.0 Å². The van der Waals surface area contributed by atoms with E-state index in [0.29, 0.717) is 29.9 Å². The Labute approximate surface area is 172 Å². The molecule has 0 saturated heterocycles. The maximum Gasteiger partial charge on any atom is 0.185 e. The molecule has 150 valence electrons. The Morgan fingerprint density at radius 3 is 2.60 bits per heavy atom. The Bertz CT molecular complexity index is 1280. The molecule has 7 heteroatoms. The van der Waals surface area contributed by atoms with Crippen molar-refractivity contribution in [3.8, 4) is 16.9 Å². The number of Topliss-reactive ketones (excluding diaryl/α,β-unsaturated/α-hetero) is 1. The third-order valence-corrected chi connectivity index (χ3v) is 5.69. The minimum absolute atomic E-state index is 0.115. The SMILES string of the molecule is CCc1nn2c3c(nnc2c1-c1ccc(F)cc1)C(=O)C[C@@H](c1ccccc1O)C3. The van der Waals surface area contributed by atoms with Crippen molar-refractivity contribution in [3.63, 3.8) is 0 Å². The van der Waals surface area contributed by atoms with Gasteiger partial charge in [-0.15, -0.1) is 10.2 Å². The van der Waals surface area contributed by atoms with Crippen molar-refractivity contribution in [2.24, 2.45) is 0 Å². The van der Waals surface area contributed by atoms with Crippen LogP contribution < -0.4 is 0 Å². The zero-order chi connectivity index (χ0) is 20.8. The second-order valence-electron chi connectivity index (χ2n) is 7.50. The molecule has 1 atom stereocenters. The molecule has 2 aromatic heterocycles. The molecule has 2 heterocycles. The molecule has 0 radical (unpaired) electrons. The Morgan fingerprint density at radius 2 is 1.87 bits per heavy atom. The standard InChI is InChI=1S/C23H19FN4O2/c1-2-17-21(13-7-9-15(24)10-8-13)23-26-25-22-18(28(23)27-17)11-14(12-20(22)30)16-5-3-4-6-19(16)29/h3-10,14,29H,2,11-12H2,1H3/t14-/m0/s1. The molecular weight excluding hydrogens is 383 g/mol. The van der Waals surface area contributed by atoms with Crippen LogP contribution in [0.15, 0.2) is 48.5 Å². The molecule has 30 heavy (non-hydrogen) atoms. The Balaban J connectivity index is 1.69. The zero-order valence-corrected chi connectivity index (χ0v) is 16.3. The second kappa shape index (κ2) is 7.02. The lowest BCUT2D eigenvalue weighted by molar-refractivity contribution is 0.0955. The van der Waals surface area contributed by atoms with Crippen molar-refractivity contribution in [2.45, 2.75) is 32.1 Å². The predicted molar refractivity (Wildman–Crippen MR) is 109 cm³/mol. The van der Waals surface area contributed by atoms with Gasteiger partial charge in [0.15, 0.2) is 17.1 Å². The van der Waals surface area contributed by atoms with Crippen molar-refractivity contribution in [1.29, 1.82) is 0 Å². The number of ketones is 1. The number of nitrogens with zero attached hydrogens (tertiary/aromatic N) is 4. The average molecular weight is 402 g/mol. The molecule has 0 aliphatic heterocycles. The van der Waals surface area contributed by atoms with Crippen molar-refractivity contribution in [2.75, 3.05) is 0 Å². The first-order valence-corrected chi connectivity index (χ1v) is 9.91. The summed E-state index contributed by atoms with van der Waals surface area (Å²) in [6, 6.07) is 13.3. The van der Waals surface area contributed by atoms with Crippen molar-refractivity contribution < 1.29 is 14.3 Å². The quantitative estimate of drug-likeness (QED) is 0.558. The smallest absolute Gasteiger partial charge is 0.185 e. The monoisotopic (exact) mass is 402 g/mol. The fourth-order valence-corrected chi connectivity index (χ4v) is 4.23. The van der Waals surface area contributed by atoms with Gasteiger partial charge in [-0.25, -0.2) is 8.91 Å². The minimum atomic E-state index is -0.312. The molecule has 5 rings (SSSR count). The van der Waals surface area contributed by atoms with Crippen LogP contribution in [-0.4, -0.2) is 30.7 Å². The maximum atomic E-state index is 13.4. The first kappa shape index (κ1) is 18.4. The first-order valence-electron chi connectivity index (χ1n) is 9.91. The lowest BCUT2D eigenvalue weighted by atomic mass is 9.83. The third kappa shape index (κ3) is 2.85. The zero-order valence-electron chi connectivity index (χ0n) is 16.3. The predicted octanol–water partition coefficient (Wildman–Crippen LogP) is 4.11. The summed E-state index contributed by atoms with van der Waals surface area (Å²) in [5, 5.41) is 23.6. The molecule has 1 aliphatic carbocycles. The molecule has 4 aromatic rings. The lowest BCUT2D eigenvalue weighted by Crippen LogP contribution is -2.24. The topological polar surface area (TPSA) is 80.4 Å². The number of aryl methyl sites for hydroxylation is 1. The van der Waals surface area contributed by atoms with Crippen LogP contribution in [0, 0.1) is 5.82 Å². The van der Waals surface area contributed by atoms with Crippen LogP contribution >= 0.6 is 0 Å². The van der Waals surface area contributed by atoms with Crippen molar-refractivity contribution >= 4 is 11.4 Å². The highest BCUT2D eigenvalue weighted by Crippen LogP contribution is 2.37. The van der Waals surface area contributed by atoms with Crippen molar-refractivity contribution in [1.82, 2.24) is 19.8 Å². The van der Waals surface area contributed by atoms with Gasteiger partial charge < -0.3 is 5.11 Å². The Hall–Kier alpha value is -3.61. The first-order chi connectivity index (χ1) is 14.6. The van der Waals surface area contributed by atoms with Crippen LogP contribution in [-0.2, 0) is 12.8 Å². The largest absolute Gasteiger partial charge is 0.508 e. The summed E-state index contributed by atoms with van der Waals surface area (Å²) in [7, 11) is 0. The molecule has 6 nitrogen and oxygen atoms in total. The van der Waals surface area contributed by atoms with Gasteiger partial charge in [-0.3, -0.25) is 4.79 Å². The van der Waals surface area contributed by atoms with E-state index < -0.39 is 0 Å². The highest BCUT2D eigenvalue weighted by molar-refractivity contribution is 5.97. The minimum Gasteiger partial charge on any atom is -0.508 e. The molecule has 0 unspecified atom stereocenters. The summed E-state index contributed by atoms with van der Waals surface area (Å²) in [6.45, 7) is 1.99. The van der Waals surface area contributed by atoms with E-state index in [1.807, 2.05) is 19.1 Å². The number of carbonyl (C=O) groups is 1. The number of aromatic hydroxyl groups is 1. The average Bonchev–Trinajstić information content (AvgIpc) is 3.14. The maximum absolute atomic E-state index is 13.4. The summed E-state index contributed by atoms with van der Waals surface area (Å²) in [4.78, 5) is 12.8. The van der Waals surface area contributed by atoms with E-state index in [4.69, 9.17) is 5.10 Å². The van der Waals surface area contributed by atoms with Crippen LogP contribution in [0.25, 0.3) is 16.8 Å². The molecule has 0 amide bonds. The molecule has 0 saturated carbocycles. The number of carbonyl (C=O) groups excluding carboxylic acids is 1. The van der Waals surface area contributed by atoms with Gasteiger partial charge in [-0.05, 0) is 42.2 Å². The summed E-state index contributed by atoms with van der Waals surface area (Å²) < 4.78 is 15.1. The van der Waals surface area contributed by atoms with Gasteiger partial charge in [-0.1, -0.05) is 37.3 Å². The number of phenolic OH excluding ortho intramolecular Hbond substituents is 1. The Morgan fingerprint density at radius 1 is 1.10 bits per heavy atom. The summed E-state index contributed by atoms with van der Waals surface area (Å²) in [6.07, 6.45) is 1.43. The van der Waals surface area contributed by atoms with E-state index in [1.165, 1.54) is 12.1 Å². The number of halogens is 1. The van der Waals surface area contributed by atoms with Crippen LogP contribution in [0.3, 0.4) is 0 Å². The molecule has 0 spiro atoms. The van der Waals surface area contributed by atoms with E-state index in [-0.39, 0.29) is 29.7 Å². The normalized spacial score (nSPS) is 16.1. The number of hydrogen-bond acceptors (Lipinski definition) is 5. The number of hydrogen-bond donors (Lipinski definition) is 1. The third-order valence-electron chi connectivity index (χ3n) is 5.69. The number of phenols is 1. The fourth-order valence-electron chi connectivity index (χ4n) is 4.23. The number of benzene rings is 2.